The topological polar surface area (TPSA) is 375 Å². The first kappa shape index (κ1) is 55.0. The number of benzene rings is 2. The Bertz CT molecular complexity index is 2220. The van der Waals surface area contributed by atoms with Gasteiger partial charge in [-0.15, -0.1) is 0 Å². The lowest BCUT2D eigenvalue weighted by Gasteiger charge is -2.31. The molecule has 2 aromatic carbocycles. The maximum atomic E-state index is 14.5. The van der Waals surface area contributed by atoms with Gasteiger partial charge in [-0.05, 0) is 62.5 Å². The van der Waals surface area contributed by atoms with E-state index in [1.807, 2.05) is 13.8 Å². The van der Waals surface area contributed by atoms with Crippen molar-refractivity contribution in [3.8, 4) is 0 Å². The van der Waals surface area contributed by atoms with Crippen LogP contribution in [0.1, 0.15) is 83.3 Å². The van der Waals surface area contributed by atoms with E-state index in [9.17, 15) is 47.9 Å². The average molecular weight is 974 g/mol. The van der Waals surface area contributed by atoms with E-state index in [2.05, 4.69) is 42.2 Å². The van der Waals surface area contributed by atoms with Gasteiger partial charge in [0.25, 0.3) is 0 Å². The Morgan fingerprint density at radius 1 is 0.671 bits per heavy atom. The third-order valence-electron chi connectivity index (χ3n) is 11.7. The van der Waals surface area contributed by atoms with Crippen molar-refractivity contribution in [3.63, 3.8) is 0 Å². The minimum absolute atomic E-state index is 0.00351. The Kier molecular flexibility index (Phi) is 21.1. The van der Waals surface area contributed by atoms with Crippen LogP contribution < -0.4 is 60.2 Å². The third kappa shape index (κ3) is 17.5. The number of primary amides is 2. The number of hydrogen-bond donors (Lipinski definition) is 11. The number of hydrogen-bond acceptors (Lipinski definition) is 11. The Labute approximate surface area is 406 Å². The third-order valence-corrected chi connectivity index (χ3v) is 11.7. The van der Waals surface area contributed by atoms with Gasteiger partial charge >= 0.3 is 0 Å². The highest BCUT2D eigenvalue weighted by molar-refractivity contribution is 5.99. The van der Waals surface area contributed by atoms with Gasteiger partial charge in [0.15, 0.2) is 5.96 Å². The molecule has 2 heterocycles. The zero-order valence-corrected chi connectivity index (χ0v) is 39.7. The molecular weight excluding hydrogens is 907 g/mol. The summed E-state index contributed by atoms with van der Waals surface area (Å²) in [5, 5.41) is 18.6. The van der Waals surface area contributed by atoms with Crippen molar-refractivity contribution in [3.05, 3.63) is 71.8 Å². The zero-order chi connectivity index (χ0) is 51.5. The van der Waals surface area contributed by atoms with E-state index in [0.717, 1.165) is 5.56 Å². The number of carbonyl (C=O) groups is 10. The Hall–Kier alpha value is -7.59. The summed E-state index contributed by atoms with van der Waals surface area (Å²) in [6, 6.07) is 8.23. The lowest BCUT2D eigenvalue weighted by molar-refractivity contribution is -0.142. The number of rotatable bonds is 26. The number of amides is 10. The molecule has 10 amide bonds. The molecule has 0 bridgehead atoms. The van der Waals surface area contributed by atoms with Crippen molar-refractivity contribution in [1.82, 2.24) is 42.1 Å². The van der Waals surface area contributed by atoms with Crippen LogP contribution in [-0.4, -0.2) is 131 Å². The van der Waals surface area contributed by atoms with E-state index >= 15 is 0 Å². The summed E-state index contributed by atoms with van der Waals surface area (Å²) in [6.07, 6.45) is 0.809. The number of nitrogens with zero attached hydrogens (tertiary/aromatic N) is 2. The molecule has 2 aliphatic rings. The number of aliphatic imine (C=N–C) groups is 1. The van der Waals surface area contributed by atoms with Crippen LogP contribution in [0.25, 0.3) is 0 Å². The first-order valence-corrected chi connectivity index (χ1v) is 23.3. The summed E-state index contributed by atoms with van der Waals surface area (Å²) in [4.78, 5) is 138. The fraction of sp³-hybridized carbons (Fsp3) is 0.511. The highest BCUT2D eigenvalue weighted by Gasteiger charge is 2.40. The van der Waals surface area contributed by atoms with Gasteiger partial charge in [0, 0.05) is 32.4 Å². The molecule has 2 aromatic rings. The van der Waals surface area contributed by atoms with Crippen LogP contribution in [-0.2, 0) is 60.8 Å². The van der Waals surface area contributed by atoms with Gasteiger partial charge in [-0.2, -0.15) is 0 Å². The van der Waals surface area contributed by atoms with Crippen molar-refractivity contribution >= 4 is 65.0 Å². The molecule has 0 spiro atoms. The number of guanidine groups is 1. The Morgan fingerprint density at radius 3 is 1.74 bits per heavy atom. The van der Waals surface area contributed by atoms with Crippen LogP contribution >= 0.6 is 0 Å². The molecule has 380 valence electrons. The SMILES string of the molecule is CC(C)C[C@H](NC(=O)[C@H](Cc1ccccc1)NC(=O)[C@@H]1CCC(=O)N1)C(=O)N[C@@H](Cc1ccccc1)C(=O)N[C@@H](CCCN=C(N)N)C(=O)N1CCC[C@H]1C(=O)N[C@@H](C)C(=O)N[C@@H](CC(N)=O)C(N)=O. The molecule has 4 rings (SSSR count). The molecule has 0 saturated carbocycles. The maximum absolute atomic E-state index is 14.5. The summed E-state index contributed by atoms with van der Waals surface area (Å²) in [7, 11) is 0. The van der Waals surface area contributed by atoms with Crippen molar-refractivity contribution in [2.24, 2.45) is 33.8 Å². The molecular formula is C47H67N13O10. The molecule has 15 N–H and O–H groups in total. The molecule has 0 aliphatic carbocycles. The standard InChI is InChI=1S/C47H67N13O10/c1-26(2)22-33(57-44(68)35(24-29-14-8-5-9-15-29)58-41(65)30-18-19-38(62)54-30)42(66)59-34(23-28-12-6-4-7-13-28)43(67)55-31(16-10-20-52-47(50)51)46(70)60-21-11-17-36(60)45(69)53-27(3)40(64)56-32(39(49)63)25-37(48)61/h4-9,12-15,26-27,30-36H,10-11,16-25H2,1-3H3,(H2,48,61)(H2,49,63)(H,53,69)(H,54,62)(H,55,67)(H,56,64)(H,57,68)(H,58,65)(H,59,66)(H4,50,51,52)/t27-,30-,31-,32-,33-,34-,35-,36-/m0/s1. The number of likely N-dealkylation sites (tertiary alicyclic amines) is 1. The quantitative estimate of drug-likeness (QED) is 0.0258. The van der Waals surface area contributed by atoms with Gasteiger partial charge in [-0.25, -0.2) is 0 Å². The highest BCUT2D eigenvalue weighted by atomic mass is 16.2. The van der Waals surface area contributed by atoms with Gasteiger partial charge < -0.3 is 65.1 Å². The second-order valence-corrected chi connectivity index (χ2v) is 17.9. The molecule has 0 aromatic heterocycles. The first-order valence-electron chi connectivity index (χ1n) is 23.3. The molecule has 70 heavy (non-hydrogen) atoms. The van der Waals surface area contributed by atoms with E-state index in [4.69, 9.17) is 22.9 Å². The van der Waals surface area contributed by atoms with Crippen molar-refractivity contribution in [2.75, 3.05) is 13.1 Å². The van der Waals surface area contributed by atoms with Gasteiger partial charge in [0.1, 0.15) is 48.3 Å². The highest BCUT2D eigenvalue weighted by Crippen LogP contribution is 2.21. The first-order chi connectivity index (χ1) is 33.2. The van der Waals surface area contributed by atoms with Crippen LogP contribution in [0.5, 0.6) is 0 Å². The molecule has 8 atom stereocenters. The summed E-state index contributed by atoms with van der Waals surface area (Å²) in [5.41, 5.74) is 22.9. The fourth-order valence-electron chi connectivity index (χ4n) is 8.08. The van der Waals surface area contributed by atoms with Crippen molar-refractivity contribution in [2.45, 2.75) is 133 Å². The average Bonchev–Trinajstić information content (AvgIpc) is 3.99. The van der Waals surface area contributed by atoms with Crippen molar-refractivity contribution < 1.29 is 47.9 Å². The lowest BCUT2D eigenvalue weighted by atomic mass is 9.99. The van der Waals surface area contributed by atoms with Crippen LogP contribution in [0.3, 0.4) is 0 Å². The van der Waals surface area contributed by atoms with E-state index in [0.29, 0.717) is 12.0 Å². The van der Waals surface area contributed by atoms with Gasteiger partial charge in [-0.1, -0.05) is 74.5 Å². The summed E-state index contributed by atoms with van der Waals surface area (Å²) < 4.78 is 0. The number of nitrogens with one attached hydrogen (secondary N) is 7. The lowest BCUT2D eigenvalue weighted by Crippen LogP contribution is -2.60. The van der Waals surface area contributed by atoms with E-state index in [1.54, 1.807) is 60.7 Å². The summed E-state index contributed by atoms with van der Waals surface area (Å²) >= 11 is 0. The van der Waals surface area contributed by atoms with Crippen LogP contribution in [0.4, 0.5) is 0 Å². The largest absolute Gasteiger partial charge is 0.370 e. The van der Waals surface area contributed by atoms with Crippen LogP contribution in [0, 0.1) is 5.92 Å². The zero-order valence-electron chi connectivity index (χ0n) is 39.7. The molecule has 2 aliphatic heterocycles. The van der Waals surface area contributed by atoms with Gasteiger partial charge in [0.05, 0.1) is 6.42 Å². The summed E-state index contributed by atoms with van der Waals surface area (Å²) in [6.45, 7) is 5.22. The second kappa shape index (κ2) is 26.8. The normalized spacial score (nSPS) is 17.8. The van der Waals surface area contributed by atoms with Crippen molar-refractivity contribution in [1.29, 1.82) is 0 Å². The molecule has 0 radical (unpaired) electrons. The minimum Gasteiger partial charge on any atom is -0.370 e. The molecule has 0 unspecified atom stereocenters. The Balaban J connectivity index is 1.57. The molecule has 23 heteroatoms. The van der Waals surface area contributed by atoms with E-state index < -0.39 is 108 Å². The van der Waals surface area contributed by atoms with E-state index in [-0.39, 0.29) is 82.2 Å². The predicted octanol–water partition coefficient (Wildman–Crippen LogP) is -2.87. The molecule has 2 fully saturated rings. The number of carbonyl (C=O) groups excluding carboxylic acids is 10. The molecule has 2 saturated heterocycles. The van der Waals surface area contributed by atoms with E-state index in [1.165, 1.54) is 11.8 Å². The van der Waals surface area contributed by atoms with Crippen LogP contribution in [0.15, 0.2) is 65.7 Å². The monoisotopic (exact) mass is 974 g/mol. The van der Waals surface area contributed by atoms with Gasteiger partial charge in [0.2, 0.25) is 59.1 Å². The number of nitrogens with two attached hydrogens (primary N) is 4. The Morgan fingerprint density at radius 2 is 1.21 bits per heavy atom. The van der Waals surface area contributed by atoms with Gasteiger partial charge in [-0.3, -0.25) is 52.9 Å². The predicted molar refractivity (Wildman–Crippen MR) is 256 cm³/mol. The maximum Gasteiger partial charge on any atom is 0.245 e. The van der Waals surface area contributed by atoms with Crippen LogP contribution in [0.2, 0.25) is 0 Å². The smallest absolute Gasteiger partial charge is 0.245 e. The fourth-order valence-corrected chi connectivity index (χ4v) is 8.08. The second-order valence-electron chi connectivity index (χ2n) is 17.9. The molecule has 23 nitrogen and oxygen atoms in total. The summed E-state index contributed by atoms with van der Waals surface area (Å²) in [5.74, 6) is -7.39. The minimum atomic E-state index is -1.42.